The second-order valence-electron chi connectivity index (χ2n) is 2.03. The number of allylic oxidation sites excluding steroid dienone is 1. The fourth-order valence-electron chi connectivity index (χ4n) is 0.446. The topological polar surface area (TPSA) is 135 Å². The van der Waals surface area contributed by atoms with Crippen molar-refractivity contribution < 1.29 is 33.8 Å². The Morgan fingerprint density at radius 3 is 1.83 bits per heavy atom. The van der Waals surface area contributed by atoms with Gasteiger partial charge in [-0.05, 0) is 0 Å². The standard InChI is InChI=1S/C3H8O7P2/c4-3(1-11(5,6)7)2-12(8,9)10/h1,4H,2H2,(H2,5,6,7)(H2,8,9,10). The zero-order valence-corrected chi connectivity index (χ0v) is 7.52. The van der Waals surface area contributed by atoms with E-state index in [-0.39, 0.29) is 5.82 Å². The Morgan fingerprint density at radius 2 is 1.58 bits per heavy atom. The minimum absolute atomic E-state index is 0.103. The van der Waals surface area contributed by atoms with Crippen LogP contribution in [0.4, 0.5) is 0 Å². The Kier molecular flexibility index (Phi) is 3.65. The van der Waals surface area contributed by atoms with Gasteiger partial charge in [0.05, 0.1) is 5.82 Å². The molecule has 0 amide bonds. The molecule has 5 N–H and O–H groups in total. The van der Waals surface area contributed by atoms with E-state index in [1.54, 1.807) is 0 Å². The Morgan fingerprint density at radius 1 is 1.17 bits per heavy atom. The van der Waals surface area contributed by atoms with E-state index in [9.17, 15) is 9.13 Å². The highest BCUT2D eigenvalue weighted by molar-refractivity contribution is 7.55. The fourth-order valence-corrected chi connectivity index (χ4v) is 1.58. The van der Waals surface area contributed by atoms with Gasteiger partial charge >= 0.3 is 15.2 Å². The van der Waals surface area contributed by atoms with Gasteiger partial charge < -0.3 is 24.7 Å². The number of rotatable bonds is 3. The molecular weight excluding hydrogens is 210 g/mol. The van der Waals surface area contributed by atoms with Crippen molar-refractivity contribution in [3.05, 3.63) is 11.6 Å². The van der Waals surface area contributed by atoms with Crippen molar-refractivity contribution in [2.75, 3.05) is 6.16 Å². The van der Waals surface area contributed by atoms with Crippen LogP contribution in [0.3, 0.4) is 0 Å². The molecular formula is C3H8O7P2. The number of hydrogen-bond donors (Lipinski definition) is 5. The zero-order valence-electron chi connectivity index (χ0n) is 5.73. The fraction of sp³-hybridized carbons (Fsp3) is 0.333. The van der Waals surface area contributed by atoms with Gasteiger partial charge in [0.15, 0.2) is 0 Å². The summed E-state index contributed by atoms with van der Waals surface area (Å²) >= 11 is 0. The number of aliphatic hydroxyl groups excluding tert-OH is 1. The molecule has 72 valence electrons. The molecule has 0 saturated heterocycles. The third-order valence-electron chi connectivity index (χ3n) is 0.685. The van der Waals surface area contributed by atoms with Crippen molar-refractivity contribution in [1.29, 1.82) is 0 Å². The second-order valence-corrected chi connectivity index (χ2v) is 5.11. The van der Waals surface area contributed by atoms with E-state index in [0.29, 0.717) is 0 Å². The van der Waals surface area contributed by atoms with Gasteiger partial charge in [0, 0.05) is 0 Å². The lowest BCUT2D eigenvalue weighted by Crippen LogP contribution is -1.92. The highest BCUT2D eigenvalue weighted by Crippen LogP contribution is 2.41. The average molecular weight is 218 g/mol. The highest BCUT2D eigenvalue weighted by atomic mass is 31.2. The van der Waals surface area contributed by atoms with Crippen molar-refractivity contribution in [2.24, 2.45) is 0 Å². The summed E-state index contributed by atoms with van der Waals surface area (Å²) in [6.07, 6.45) is -1.07. The van der Waals surface area contributed by atoms with Crippen LogP contribution in [0.2, 0.25) is 0 Å². The SMILES string of the molecule is O=P(O)(O)C=C(O)CP(=O)(O)O. The lowest BCUT2D eigenvalue weighted by molar-refractivity contribution is 0.354. The third-order valence-corrected chi connectivity index (χ3v) is 2.06. The molecule has 0 aliphatic carbocycles. The molecule has 0 spiro atoms. The summed E-state index contributed by atoms with van der Waals surface area (Å²) in [5.41, 5.74) is 0. The van der Waals surface area contributed by atoms with Crippen molar-refractivity contribution in [3.8, 4) is 0 Å². The first-order valence-electron chi connectivity index (χ1n) is 2.61. The van der Waals surface area contributed by atoms with Crippen LogP contribution >= 0.6 is 15.2 Å². The van der Waals surface area contributed by atoms with E-state index in [1.165, 1.54) is 0 Å². The van der Waals surface area contributed by atoms with Crippen molar-refractivity contribution in [2.45, 2.75) is 0 Å². The molecule has 0 aromatic heterocycles. The van der Waals surface area contributed by atoms with Gasteiger partial charge in [-0.3, -0.25) is 9.13 Å². The molecule has 0 aliphatic rings. The number of hydrogen-bond acceptors (Lipinski definition) is 3. The molecule has 7 nitrogen and oxygen atoms in total. The molecule has 0 saturated carbocycles. The lowest BCUT2D eigenvalue weighted by atomic mass is 10.7. The van der Waals surface area contributed by atoms with Crippen LogP contribution in [0.5, 0.6) is 0 Å². The van der Waals surface area contributed by atoms with E-state index in [0.717, 1.165) is 0 Å². The van der Waals surface area contributed by atoms with Crippen LogP contribution in [0, 0.1) is 0 Å². The summed E-state index contributed by atoms with van der Waals surface area (Å²) < 4.78 is 20.3. The summed E-state index contributed by atoms with van der Waals surface area (Å²) in [6.45, 7) is 0. The minimum Gasteiger partial charge on any atom is -0.511 e. The van der Waals surface area contributed by atoms with E-state index < -0.39 is 27.1 Å². The van der Waals surface area contributed by atoms with Gasteiger partial charge in [-0.15, -0.1) is 0 Å². The molecule has 0 atom stereocenters. The Bertz CT molecular complexity index is 268. The molecule has 0 rings (SSSR count). The minimum atomic E-state index is -4.56. The predicted molar refractivity (Wildman–Crippen MR) is 39.7 cm³/mol. The maximum Gasteiger partial charge on any atom is 0.352 e. The van der Waals surface area contributed by atoms with E-state index in [2.05, 4.69) is 0 Å². The molecule has 0 aromatic rings. The summed E-state index contributed by atoms with van der Waals surface area (Å²) in [5.74, 6) is -0.914. The lowest BCUT2D eigenvalue weighted by Gasteiger charge is -2.02. The van der Waals surface area contributed by atoms with Crippen LogP contribution in [-0.4, -0.2) is 30.8 Å². The molecule has 0 radical (unpaired) electrons. The summed E-state index contributed by atoms with van der Waals surface area (Å²) in [7, 11) is -9.03. The monoisotopic (exact) mass is 218 g/mol. The van der Waals surface area contributed by atoms with Crippen LogP contribution in [-0.2, 0) is 9.13 Å². The van der Waals surface area contributed by atoms with Crippen molar-refractivity contribution >= 4 is 15.2 Å². The smallest absolute Gasteiger partial charge is 0.352 e. The van der Waals surface area contributed by atoms with Gasteiger partial charge in [-0.2, -0.15) is 0 Å². The zero-order chi connectivity index (χ0) is 9.99. The molecule has 12 heavy (non-hydrogen) atoms. The summed E-state index contributed by atoms with van der Waals surface area (Å²) in [5, 5.41) is 8.60. The molecule has 0 bridgehead atoms. The highest BCUT2D eigenvalue weighted by Gasteiger charge is 2.18. The van der Waals surface area contributed by atoms with E-state index in [4.69, 9.17) is 24.7 Å². The first-order valence-corrected chi connectivity index (χ1v) is 6.08. The van der Waals surface area contributed by atoms with Gasteiger partial charge in [0.2, 0.25) is 0 Å². The molecule has 0 fully saturated rings. The van der Waals surface area contributed by atoms with Crippen molar-refractivity contribution in [3.63, 3.8) is 0 Å². The van der Waals surface area contributed by atoms with Gasteiger partial charge in [0.1, 0.15) is 11.9 Å². The van der Waals surface area contributed by atoms with Gasteiger partial charge in [-0.25, -0.2) is 0 Å². The first kappa shape index (κ1) is 11.8. The average Bonchev–Trinajstić information content (AvgIpc) is 1.49. The molecule has 0 aromatic carbocycles. The predicted octanol–water partition coefficient (Wildman–Crippen LogP) is -0.259. The Balaban J connectivity index is 4.44. The molecule has 0 unspecified atom stereocenters. The quantitative estimate of drug-likeness (QED) is 0.325. The van der Waals surface area contributed by atoms with Crippen LogP contribution in [0.25, 0.3) is 0 Å². The van der Waals surface area contributed by atoms with Crippen LogP contribution in [0.1, 0.15) is 0 Å². The first-order chi connectivity index (χ1) is 5.10. The van der Waals surface area contributed by atoms with Crippen molar-refractivity contribution in [1.82, 2.24) is 0 Å². The van der Waals surface area contributed by atoms with E-state index in [1.807, 2.05) is 0 Å². The number of aliphatic hydroxyl groups is 1. The molecule has 0 heterocycles. The van der Waals surface area contributed by atoms with Gasteiger partial charge in [-0.1, -0.05) is 0 Å². The second kappa shape index (κ2) is 3.70. The normalized spacial score (nSPS) is 14.8. The Hall–Kier alpha value is -0.160. The van der Waals surface area contributed by atoms with E-state index >= 15 is 0 Å². The molecule has 0 aliphatic heterocycles. The largest absolute Gasteiger partial charge is 0.511 e. The van der Waals surface area contributed by atoms with Crippen LogP contribution in [0.15, 0.2) is 11.6 Å². The summed E-state index contributed by atoms with van der Waals surface area (Å²) in [6, 6.07) is 0. The maximum atomic E-state index is 10.2. The third kappa shape index (κ3) is 7.94. The molecule has 9 heteroatoms. The maximum absolute atomic E-state index is 10.2. The van der Waals surface area contributed by atoms with Gasteiger partial charge in [0.25, 0.3) is 0 Å². The Labute approximate surface area is 67.7 Å². The van der Waals surface area contributed by atoms with Crippen LogP contribution < -0.4 is 0 Å². The summed E-state index contributed by atoms with van der Waals surface area (Å²) in [4.78, 5) is 32.9.